The molecule has 0 amide bonds. The third-order valence-electron chi connectivity index (χ3n) is 6.47. The van der Waals surface area contributed by atoms with Crippen LogP contribution in [-0.4, -0.2) is 40.2 Å². The zero-order valence-electron chi connectivity index (χ0n) is 16.5. The molecule has 0 aromatic carbocycles. The summed E-state index contributed by atoms with van der Waals surface area (Å²) in [4.78, 5) is 16.8. The van der Waals surface area contributed by atoms with Gasteiger partial charge in [0.25, 0.3) is 0 Å². The lowest BCUT2D eigenvalue weighted by molar-refractivity contribution is -0.160. The number of carbonyl (C=O) groups excluding carboxylic acids is 1. The van der Waals surface area contributed by atoms with Gasteiger partial charge in [-0.1, -0.05) is 32.4 Å². The Labute approximate surface area is 160 Å². The molecule has 0 radical (unpaired) electrons. The number of fused-ring (bicyclic) bond motifs is 1. The van der Waals surface area contributed by atoms with Gasteiger partial charge >= 0.3 is 5.97 Å². The number of hydrogen-bond donors (Lipinski definition) is 3. The van der Waals surface area contributed by atoms with Crippen molar-refractivity contribution in [1.29, 1.82) is 0 Å². The van der Waals surface area contributed by atoms with Crippen molar-refractivity contribution in [2.45, 2.75) is 52.2 Å². The van der Waals surface area contributed by atoms with Crippen molar-refractivity contribution >= 4 is 11.7 Å². The molecule has 3 aliphatic rings. The maximum absolute atomic E-state index is 12.3. The van der Waals surface area contributed by atoms with E-state index in [0.717, 1.165) is 17.7 Å². The third kappa shape index (κ3) is 3.48. The smallest absolute Gasteiger partial charge is 0.338 e. The van der Waals surface area contributed by atoms with Gasteiger partial charge in [-0.15, -0.1) is 0 Å². The Morgan fingerprint density at radius 3 is 2.78 bits per heavy atom. The van der Waals surface area contributed by atoms with Crippen LogP contribution >= 0.6 is 0 Å². The fourth-order valence-electron chi connectivity index (χ4n) is 5.05. The number of allylic oxidation sites excluding steroid dienone is 4. The number of carbonyl (C=O) groups is 1. The van der Waals surface area contributed by atoms with E-state index in [2.05, 4.69) is 30.4 Å². The van der Waals surface area contributed by atoms with Crippen molar-refractivity contribution in [1.82, 2.24) is 5.48 Å². The number of dihydropyridines is 1. The number of ether oxygens (including phenoxy) is 1. The lowest BCUT2D eigenvalue weighted by atomic mass is 9.59. The highest BCUT2D eigenvalue weighted by atomic mass is 16.6. The summed E-state index contributed by atoms with van der Waals surface area (Å²) in [5.74, 6) is -0.0317. The van der Waals surface area contributed by atoms with E-state index in [1.165, 1.54) is 0 Å². The average molecular weight is 374 g/mol. The van der Waals surface area contributed by atoms with E-state index in [9.17, 15) is 9.90 Å². The molecule has 0 bridgehead atoms. The number of nitrogens with one attached hydrogen (secondary N) is 1. The summed E-state index contributed by atoms with van der Waals surface area (Å²) in [6.45, 7) is 8.45. The average Bonchev–Trinajstić information content (AvgIpc) is 2.87. The molecule has 3 rings (SSSR count). The van der Waals surface area contributed by atoms with Crippen molar-refractivity contribution in [3.05, 3.63) is 35.6 Å². The zero-order valence-corrected chi connectivity index (χ0v) is 16.5. The summed E-state index contributed by atoms with van der Waals surface area (Å²) in [6, 6.07) is 0. The summed E-state index contributed by atoms with van der Waals surface area (Å²) >= 11 is 0. The molecule has 1 aliphatic carbocycles. The molecule has 1 saturated carbocycles. The Hall–Kier alpha value is -1.92. The Morgan fingerprint density at radius 2 is 2.19 bits per heavy atom. The first-order chi connectivity index (χ1) is 12.8. The van der Waals surface area contributed by atoms with E-state index in [-0.39, 0.29) is 23.9 Å². The quantitative estimate of drug-likeness (QED) is 0.520. The minimum Gasteiger partial charge on any atom is -0.460 e. The number of cyclic esters (lactones) is 1. The van der Waals surface area contributed by atoms with Gasteiger partial charge in [0.1, 0.15) is 6.10 Å². The molecule has 2 heterocycles. The van der Waals surface area contributed by atoms with E-state index < -0.39 is 11.6 Å². The van der Waals surface area contributed by atoms with Gasteiger partial charge in [-0.3, -0.25) is 15.7 Å². The summed E-state index contributed by atoms with van der Waals surface area (Å²) < 4.78 is 5.42. The summed E-state index contributed by atoms with van der Waals surface area (Å²) in [7, 11) is 0. The minimum atomic E-state index is -1.39. The third-order valence-corrected chi connectivity index (χ3v) is 6.47. The molecule has 0 spiro atoms. The SMILES string of the molecule is CC[C@H]1[C@H](/C=C/C2=NCC(=C(C)NO)C=C2)[C@@H]2[C@@H](C)OC(=O)[C@]2(O)C[C@@H]1C. The van der Waals surface area contributed by atoms with Gasteiger partial charge in [-0.05, 0) is 55.7 Å². The number of esters is 1. The zero-order chi connectivity index (χ0) is 19.8. The topological polar surface area (TPSA) is 91.2 Å². The Balaban J connectivity index is 1.85. The van der Waals surface area contributed by atoms with Crippen LogP contribution in [0.5, 0.6) is 0 Å². The number of aliphatic hydroxyl groups is 1. The molecule has 0 aromatic rings. The van der Waals surface area contributed by atoms with Gasteiger partial charge < -0.3 is 9.84 Å². The number of rotatable bonds is 4. The van der Waals surface area contributed by atoms with Crippen LogP contribution in [0.4, 0.5) is 0 Å². The van der Waals surface area contributed by atoms with Crippen molar-refractivity contribution in [2.75, 3.05) is 6.54 Å². The second kappa shape index (κ2) is 7.60. The van der Waals surface area contributed by atoms with E-state index >= 15 is 0 Å². The molecular formula is C21H30N2O4. The van der Waals surface area contributed by atoms with Gasteiger partial charge in [-0.25, -0.2) is 4.79 Å². The van der Waals surface area contributed by atoms with Crippen LogP contribution in [0.2, 0.25) is 0 Å². The van der Waals surface area contributed by atoms with E-state index in [4.69, 9.17) is 9.94 Å². The molecular weight excluding hydrogens is 344 g/mol. The van der Waals surface area contributed by atoms with Crippen LogP contribution in [0.15, 0.2) is 40.6 Å². The normalized spacial score (nSPS) is 40.6. The fourth-order valence-corrected chi connectivity index (χ4v) is 5.05. The molecule has 2 aliphatic heterocycles. The van der Waals surface area contributed by atoms with E-state index in [0.29, 0.717) is 24.6 Å². The Bertz CT molecular complexity index is 724. The van der Waals surface area contributed by atoms with E-state index in [1.807, 2.05) is 25.2 Å². The highest BCUT2D eigenvalue weighted by Crippen LogP contribution is 2.52. The van der Waals surface area contributed by atoms with Crippen LogP contribution < -0.4 is 5.48 Å². The molecule has 6 heteroatoms. The standard InChI is InChI=1S/C21H30N2O4/c1-5-17-12(2)10-21(25)19(14(4)27-20(21)24)18(17)9-8-16-7-6-15(11-22-16)13(3)23-26/h6-9,12,14,17-19,23,25-26H,5,10-11H2,1-4H3/b9-8+,15-13?/t12-,14+,17+,18-,19-,21-/m0/s1. The Kier molecular flexibility index (Phi) is 5.58. The van der Waals surface area contributed by atoms with Gasteiger partial charge in [0.2, 0.25) is 0 Å². The molecule has 2 fully saturated rings. The molecule has 0 aromatic heterocycles. The van der Waals surface area contributed by atoms with Gasteiger partial charge in [0.05, 0.1) is 12.3 Å². The monoisotopic (exact) mass is 374 g/mol. The fraction of sp³-hybridized carbons (Fsp3) is 0.619. The predicted molar refractivity (Wildman–Crippen MR) is 103 cm³/mol. The first-order valence-corrected chi connectivity index (χ1v) is 9.75. The summed E-state index contributed by atoms with van der Waals surface area (Å²) in [5.41, 5.74) is 3.24. The van der Waals surface area contributed by atoms with E-state index in [1.54, 1.807) is 6.92 Å². The summed E-state index contributed by atoms with van der Waals surface area (Å²) in [5, 5.41) is 20.1. The number of nitrogens with zero attached hydrogens (tertiary/aromatic N) is 1. The molecule has 6 atom stereocenters. The lowest BCUT2D eigenvalue weighted by Gasteiger charge is -2.45. The van der Waals surface area contributed by atoms with Crippen molar-refractivity contribution in [3.63, 3.8) is 0 Å². The highest BCUT2D eigenvalue weighted by molar-refractivity contribution is 6.05. The molecule has 0 unspecified atom stereocenters. The number of hydroxylamine groups is 1. The second-order valence-corrected chi connectivity index (χ2v) is 8.09. The van der Waals surface area contributed by atoms with Gasteiger partial charge in [-0.2, -0.15) is 0 Å². The van der Waals surface area contributed by atoms with Crippen LogP contribution in [0, 0.1) is 23.7 Å². The minimum absolute atomic E-state index is 0.0547. The highest BCUT2D eigenvalue weighted by Gasteiger charge is 2.62. The molecule has 6 nitrogen and oxygen atoms in total. The molecule has 148 valence electrons. The van der Waals surface area contributed by atoms with Gasteiger partial charge in [0, 0.05) is 11.6 Å². The first-order valence-electron chi connectivity index (χ1n) is 9.75. The maximum Gasteiger partial charge on any atom is 0.338 e. The predicted octanol–water partition coefficient (Wildman–Crippen LogP) is 2.78. The van der Waals surface area contributed by atoms with Crippen molar-refractivity contribution < 1.29 is 19.8 Å². The first kappa shape index (κ1) is 19.8. The summed E-state index contributed by atoms with van der Waals surface area (Å²) in [6.07, 6.45) is 9.09. The molecule has 3 N–H and O–H groups in total. The van der Waals surface area contributed by atoms with Gasteiger partial charge in [0.15, 0.2) is 5.60 Å². The molecule has 1 saturated heterocycles. The maximum atomic E-state index is 12.3. The number of aliphatic imine (C=N–C) groups is 1. The molecule has 27 heavy (non-hydrogen) atoms. The lowest BCUT2D eigenvalue weighted by Crippen LogP contribution is -2.53. The van der Waals surface area contributed by atoms with Crippen LogP contribution in [0.3, 0.4) is 0 Å². The Morgan fingerprint density at radius 1 is 1.44 bits per heavy atom. The second-order valence-electron chi connectivity index (χ2n) is 8.09. The van der Waals surface area contributed by atoms with Crippen LogP contribution in [-0.2, 0) is 9.53 Å². The van der Waals surface area contributed by atoms with Crippen molar-refractivity contribution in [2.24, 2.45) is 28.7 Å². The number of hydrogen-bond acceptors (Lipinski definition) is 6. The van der Waals surface area contributed by atoms with Crippen LogP contribution in [0.1, 0.15) is 40.5 Å². The largest absolute Gasteiger partial charge is 0.460 e. The van der Waals surface area contributed by atoms with Crippen LogP contribution in [0.25, 0.3) is 0 Å². The van der Waals surface area contributed by atoms with Crippen molar-refractivity contribution in [3.8, 4) is 0 Å².